The summed E-state index contributed by atoms with van der Waals surface area (Å²) in [5, 5.41) is 11.9. The predicted octanol–water partition coefficient (Wildman–Crippen LogP) is 0.678. The second-order valence-corrected chi connectivity index (χ2v) is 3.86. The van der Waals surface area contributed by atoms with Gasteiger partial charge in [0.05, 0.1) is 12.6 Å². The van der Waals surface area contributed by atoms with E-state index in [2.05, 4.69) is 11.4 Å². The van der Waals surface area contributed by atoms with Crippen LogP contribution in [0.5, 0.6) is 0 Å². The lowest BCUT2D eigenvalue weighted by Crippen LogP contribution is -2.49. The zero-order chi connectivity index (χ0) is 10.4. The maximum Gasteiger partial charge on any atom is 0.234 e. The number of nitrogens with one attached hydrogen (secondary N) is 1. The molecule has 0 bridgehead atoms. The van der Waals surface area contributed by atoms with E-state index in [9.17, 15) is 4.79 Å². The van der Waals surface area contributed by atoms with Crippen molar-refractivity contribution in [3.63, 3.8) is 0 Å². The van der Waals surface area contributed by atoms with Crippen molar-refractivity contribution in [3.05, 3.63) is 0 Å². The van der Waals surface area contributed by atoms with Gasteiger partial charge in [0.15, 0.2) is 0 Å². The predicted molar refractivity (Wildman–Crippen MR) is 53.2 cm³/mol. The van der Waals surface area contributed by atoms with Crippen LogP contribution in [-0.2, 0) is 4.79 Å². The summed E-state index contributed by atoms with van der Waals surface area (Å²) in [4.78, 5) is 11.2. The van der Waals surface area contributed by atoms with Crippen molar-refractivity contribution in [1.82, 2.24) is 5.32 Å². The minimum absolute atomic E-state index is 0.0383. The lowest BCUT2D eigenvalue weighted by molar-refractivity contribution is -0.121. The average Bonchev–Trinajstić information content (AvgIpc) is 2.44. The Bertz CT molecular complexity index is 236. The van der Waals surface area contributed by atoms with Gasteiger partial charge in [-0.05, 0) is 12.8 Å². The molecule has 1 fully saturated rings. The smallest absolute Gasteiger partial charge is 0.234 e. The van der Waals surface area contributed by atoms with Crippen molar-refractivity contribution >= 4 is 5.91 Å². The average molecular weight is 195 g/mol. The molecule has 1 aliphatic carbocycles. The Morgan fingerprint density at radius 1 is 1.36 bits per heavy atom. The van der Waals surface area contributed by atoms with Crippen LogP contribution in [0, 0.1) is 11.3 Å². The molecule has 0 aromatic heterocycles. The fraction of sp³-hybridized carbons (Fsp3) is 0.800. The molecule has 0 spiro atoms. The summed E-state index contributed by atoms with van der Waals surface area (Å²) in [6.45, 7) is -0.0383. The molecule has 0 unspecified atom stereocenters. The van der Waals surface area contributed by atoms with Gasteiger partial charge in [-0.25, -0.2) is 0 Å². The summed E-state index contributed by atoms with van der Waals surface area (Å²) in [6, 6.07) is 2.24. The Morgan fingerprint density at radius 2 is 1.93 bits per heavy atom. The maximum atomic E-state index is 11.2. The van der Waals surface area contributed by atoms with Gasteiger partial charge in [-0.2, -0.15) is 5.26 Å². The fourth-order valence-corrected chi connectivity index (χ4v) is 1.91. The van der Waals surface area contributed by atoms with E-state index in [1.54, 1.807) is 0 Å². The van der Waals surface area contributed by atoms with Crippen molar-refractivity contribution < 1.29 is 4.79 Å². The van der Waals surface area contributed by atoms with Crippen LogP contribution >= 0.6 is 0 Å². The van der Waals surface area contributed by atoms with Crippen LogP contribution in [0.3, 0.4) is 0 Å². The minimum atomic E-state index is -0.646. The van der Waals surface area contributed by atoms with Gasteiger partial charge in [0.25, 0.3) is 0 Å². The molecular formula is C10H17N3O. The Kier molecular flexibility index (Phi) is 3.90. The SMILES string of the molecule is N#CC1(NC(=O)CN)CCCCCC1. The zero-order valence-corrected chi connectivity index (χ0v) is 8.38. The topological polar surface area (TPSA) is 78.9 Å². The van der Waals surface area contributed by atoms with E-state index in [-0.39, 0.29) is 12.5 Å². The Hall–Kier alpha value is -1.08. The number of hydrogen-bond donors (Lipinski definition) is 2. The molecule has 1 amide bonds. The summed E-state index contributed by atoms with van der Waals surface area (Å²) in [5.74, 6) is -0.228. The summed E-state index contributed by atoms with van der Waals surface area (Å²) in [7, 11) is 0. The van der Waals surface area contributed by atoms with Gasteiger partial charge < -0.3 is 11.1 Å². The first kappa shape index (κ1) is 11.0. The van der Waals surface area contributed by atoms with Gasteiger partial charge in [0.2, 0.25) is 5.91 Å². The van der Waals surface area contributed by atoms with Crippen molar-refractivity contribution in [1.29, 1.82) is 5.26 Å². The minimum Gasteiger partial charge on any atom is -0.337 e. The molecule has 0 atom stereocenters. The second kappa shape index (κ2) is 4.97. The highest BCUT2D eigenvalue weighted by molar-refractivity contribution is 5.79. The van der Waals surface area contributed by atoms with Gasteiger partial charge in [-0.1, -0.05) is 25.7 Å². The van der Waals surface area contributed by atoms with Crippen molar-refractivity contribution in [2.45, 2.75) is 44.1 Å². The zero-order valence-electron chi connectivity index (χ0n) is 8.38. The molecule has 0 radical (unpaired) electrons. The van der Waals surface area contributed by atoms with E-state index in [1.165, 1.54) is 0 Å². The van der Waals surface area contributed by atoms with Gasteiger partial charge in [-0.3, -0.25) is 4.79 Å². The lowest BCUT2D eigenvalue weighted by atomic mass is 9.92. The molecule has 1 rings (SSSR count). The number of amides is 1. The standard InChI is InChI=1S/C10H17N3O/c11-7-9(14)13-10(8-12)5-3-1-2-4-6-10/h1-7,11H2,(H,13,14). The Labute approximate surface area is 84.5 Å². The number of rotatable bonds is 2. The molecule has 14 heavy (non-hydrogen) atoms. The first-order chi connectivity index (χ1) is 6.72. The second-order valence-electron chi connectivity index (χ2n) is 3.86. The van der Waals surface area contributed by atoms with Crippen molar-refractivity contribution in [2.75, 3.05) is 6.54 Å². The van der Waals surface area contributed by atoms with E-state index in [0.29, 0.717) is 0 Å². The van der Waals surface area contributed by atoms with Crippen LogP contribution < -0.4 is 11.1 Å². The number of nitrogens with zero attached hydrogens (tertiary/aromatic N) is 1. The Morgan fingerprint density at radius 3 is 2.36 bits per heavy atom. The van der Waals surface area contributed by atoms with E-state index in [1.807, 2.05) is 0 Å². The summed E-state index contributed by atoms with van der Waals surface area (Å²) < 4.78 is 0. The monoisotopic (exact) mass is 195 g/mol. The third kappa shape index (κ3) is 2.71. The fourth-order valence-electron chi connectivity index (χ4n) is 1.91. The molecule has 0 aliphatic heterocycles. The Balaban J connectivity index is 2.64. The van der Waals surface area contributed by atoms with Gasteiger partial charge in [0, 0.05) is 0 Å². The number of carbonyl (C=O) groups is 1. The molecule has 4 heteroatoms. The summed E-state index contributed by atoms with van der Waals surface area (Å²) in [6.07, 6.45) is 5.85. The molecule has 0 aromatic rings. The van der Waals surface area contributed by atoms with E-state index >= 15 is 0 Å². The molecule has 4 nitrogen and oxygen atoms in total. The molecular weight excluding hydrogens is 178 g/mol. The number of nitrogens with two attached hydrogens (primary N) is 1. The largest absolute Gasteiger partial charge is 0.337 e. The van der Waals surface area contributed by atoms with E-state index < -0.39 is 5.54 Å². The number of hydrogen-bond acceptors (Lipinski definition) is 3. The third-order valence-electron chi connectivity index (χ3n) is 2.74. The van der Waals surface area contributed by atoms with E-state index in [4.69, 9.17) is 11.0 Å². The van der Waals surface area contributed by atoms with Crippen molar-refractivity contribution in [3.8, 4) is 6.07 Å². The number of nitriles is 1. The van der Waals surface area contributed by atoms with Gasteiger partial charge in [-0.15, -0.1) is 0 Å². The highest BCUT2D eigenvalue weighted by Gasteiger charge is 2.31. The molecule has 3 N–H and O–H groups in total. The quantitative estimate of drug-likeness (QED) is 0.636. The third-order valence-corrected chi connectivity index (χ3v) is 2.74. The normalized spacial score (nSPS) is 20.6. The summed E-state index contributed by atoms with van der Waals surface area (Å²) >= 11 is 0. The van der Waals surface area contributed by atoms with Crippen LogP contribution in [0.4, 0.5) is 0 Å². The summed E-state index contributed by atoms with van der Waals surface area (Å²) in [5.41, 5.74) is 4.57. The van der Waals surface area contributed by atoms with Crippen LogP contribution in [0.2, 0.25) is 0 Å². The molecule has 0 saturated heterocycles. The number of carbonyl (C=O) groups excluding carboxylic acids is 1. The molecule has 1 saturated carbocycles. The first-order valence-electron chi connectivity index (χ1n) is 5.15. The van der Waals surface area contributed by atoms with Gasteiger partial charge >= 0.3 is 0 Å². The van der Waals surface area contributed by atoms with Crippen LogP contribution in [0.1, 0.15) is 38.5 Å². The first-order valence-corrected chi connectivity index (χ1v) is 5.15. The molecule has 1 aliphatic rings. The molecule has 0 aromatic carbocycles. The molecule has 78 valence electrons. The van der Waals surface area contributed by atoms with Crippen LogP contribution in [0.25, 0.3) is 0 Å². The molecule has 0 heterocycles. The van der Waals surface area contributed by atoms with Crippen molar-refractivity contribution in [2.24, 2.45) is 5.73 Å². The van der Waals surface area contributed by atoms with Crippen LogP contribution in [0.15, 0.2) is 0 Å². The lowest BCUT2D eigenvalue weighted by Gasteiger charge is -2.25. The highest BCUT2D eigenvalue weighted by Crippen LogP contribution is 2.26. The van der Waals surface area contributed by atoms with Gasteiger partial charge in [0.1, 0.15) is 5.54 Å². The maximum absolute atomic E-state index is 11.2. The highest BCUT2D eigenvalue weighted by atomic mass is 16.2. The van der Waals surface area contributed by atoms with E-state index in [0.717, 1.165) is 38.5 Å². The van der Waals surface area contributed by atoms with Crippen LogP contribution in [-0.4, -0.2) is 18.0 Å².